The van der Waals surface area contributed by atoms with Crippen LogP contribution in [-0.4, -0.2) is 60.0 Å². The Bertz CT molecular complexity index is 783. The van der Waals surface area contributed by atoms with Crippen molar-refractivity contribution in [3.63, 3.8) is 0 Å². The molecule has 0 unspecified atom stereocenters. The van der Waals surface area contributed by atoms with Crippen molar-refractivity contribution >= 4 is 11.8 Å². The molecule has 2 heterocycles. The first-order chi connectivity index (χ1) is 13.1. The first kappa shape index (κ1) is 20.4. The Morgan fingerprint density at radius 3 is 2.46 bits per heavy atom. The third-order valence-corrected chi connectivity index (χ3v) is 5.49. The van der Waals surface area contributed by atoms with Crippen LogP contribution in [0.25, 0.3) is 0 Å². The summed E-state index contributed by atoms with van der Waals surface area (Å²) in [5.74, 6) is -0.573. The zero-order valence-electron chi connectivity index (χ0n) is 15.7. The molecule has 0 aromatic heterocycles. The number of carbonyl (C=O) groups is 2. The van der Waals surface area contributed by atoms with Gasteiger partial charge in [-0.05, 0) is 43.5 Å². The van der Waals surface area contributed by atoms with Gasteiger partial charge in [0, 0.05) is 25.2 Å². The van der Waals surface area contributed by atoms with Crippen molar-refractivity contribution in [1.82, 2.24) is 9.80 Å². The van der Waals surface area contributed by atoms with E-state index in [2.05, 4.69) is 6.58 Å². The van der Waals surface area contributed by atoms with Crippen molar-refractivity contribution in [3.05, 3.63) is 47.5 Å². The smallest absolute Gasteiger partial charge is 0.371 e. The quantitative estimate of drug-likeness (QED) is 0.722. The number of rotatable bonds is 2. The summed E-state index contributed by atoms with van der Waals surface area (Å²) >= 11 is 0. The van der Waals surface area contributed by atoms with Crippen LogP contribution in [0.5, 0.6) is 0 Å². The molecule has 0 N–H and O–H groups in total. The lowest BCUT2D eigenvalue weighted by Gasteiger charge is -2.47. The van der Waals surface area contributed by atoms with Gasteiger partial charge in [0.25, 0.3) is 5.91 Å². The van der Waals surface area contributed by atoms with Crippen LogP contribution in [0.1, 0.15) is 34.3 Å². The van der Waals surface area contributed by atoms with E-state index in [0.717, 1.165) is 6.07 Å². The Labute approximate surface area is 161 Å². The highest BCUT2D eigenvalue weighted by Gasteiger charge is 2.42. The lowest BCUT2D eigenvalue weighted by Crippen LogP contribution is -2.58. The summed E-state index contributed by atoms with van der Waals surface area (Å²) < 4.78 is 45.4. The number of amides is 2. The molecule has 2 saturated heterocycles. The minimum Gasteiger partial charge on any atom is -0.371 e. The number of alkyl halides is 3. The fraction of sp³-hybridized carbons (Fsp3) is 0.500. The molecule has 1 spiro atoms. The minimum atomic E-state index is -4.50. The van der Waals surface area contributed by atoms with Gasteiger partial charge in [-0.25, -0.2) is 0 Å². The number of piperidine rings is 1. The normalized spacial score (nSPS) is 19.6. The summed E-state index contributed by atoms with van der Waals surface area (Å²) in [5, 5.41) is 0. The van der Waals surface area contributed by atoms with Gasteiger partial charge in [-0.2, -0.15) is 13.2 Å². The summed E-state index contributed by atoms with van der Waals surface area (Å²) in [4.78, 5) is 27.8. The molecular weight excluding hydrogens is 373 g/mol. The molecule has 2 amide bonds. The molecule has 2 aliphatic rings. The molecule has 0 saturated carbocycles. The number of nitrogens with zero attached hydrogens (tertiary/aromatic N) is 2. The molecular formula is C20H23F3N2O3. The first-order valence-electron chi connectivity index (χ1n) is 9.18. The first-order valence-corrected chi connectivity index (χ1v) is 9.18. The van der Waals surface area contributed by atoms with E-state index in [0.29, 0.717) is 45.6 Å². The van der Waals surface area contributed by atoms with E-state index in [-0.39, 0.29) is 17.0 Å². The van der Waals surface area contributed by atoms with E-state index in [1.807, 2.05) is 0 Å². The number of halogens is 3. The maximum Gasteiger partial charge on any atom is 0.416 e. The van der Waals surface area contributed by atoms with Crippen LogP contribution in [-0.2, 0) is 15.7 Å². The van der Waals surface area contributed by atoms with Gasteiger partial charge in [0.1, 0.15) is 0 Å². The third-order valence-electron chi connectivity index (χ3n) is 5.49. The molecule has 2 aliphatic heterocycles. The van der Waals surface area contributed by atoms with Gasteiger partial charge >= 0.3 is 6.18 Å². The molecule has 8 heteroatoms. The highest BCUT2D eigenvalue weighted by molar-refractivity contribution is 5.94. The Balaban J connectivity index is 1.74. The van der Waals surface area contributed by atoms with Gasteiger partial charge in [-0.1, -0.05) is 12.6 Å². The number of aryl methyl sites for hydroxylation is 1. The second-order valence-electron chi connectivity index (χ2n) is 7.32. The van der Waals surface area contributed by atoms with E-state index in [9.17, 15) is 22.8 Å². The number of hydrogen-bond donors (Lipinski definition) is 0. The van der Waals surface area contributed by atoms with Crippen molar-refractivity contribution < 1.29 is 27.5 Å². The second-order valence-corrected chi connectivity index (χ2v) is 7.32. The number of morpholine rings is 1. The standard InChI is InChI=1S/C20H23F3N2O3/c1-3-17(26)24-8-6-19(7-9-24)13-25(10-11-28-19)18(27)15-5-4-14(2)16(12-15)20(21,22)23/h3-5,12H,1,6-11,13H2,2H3. The van der Waals surface area contributed by atoms with Crippen molar-refractivity contribution in [3.8, 4) is 0 Å². The summed E-state index contributed by atoms with van der Waals surface area (Å²) in [5.41, 5.74) is -1.25. The number of likely N-dealkylation sites (tertiary alicyclic amines) is 1. The third kappa shape index (κ3) is 4.06. The van der Waals surface area contributed by atoms with Crippen molar-refractivity contribution in [2.24, 2.45) is 0 Å². The molecule has 28 heavy (non-hydrogen) atoms. The predicted molar refractivity (Wildman–Crippen MR) is 96.8 cm³/mol. The van der Waals surface area contributed by atoms with E-state index < -0.39 is 23.2 Å². The number of ether oxygens (including phenoxy) is 1. The van der Waals surface area contributed by atoms with Crippen LogP contribution >= 0.6 is 0 Å². The summed E-state index contributed by atoms with van der Waals surface area (Å²) in [7, 11) is 0. The lowest BCUT2D eigenvalue weighted by atomic mass is 9.89. The van der Waals surface area contributed by atoms with Crippen LogP contribution < -0.4 is 0 Å². The molecule has 0 bridgehead atoms. The van der Waals surface area contributed by atoms with E-state index in [1.54, 1.807) is 9.80 Å². The summed E-state index contributed by atoms with van der Waals surface area (Å²) in [6.07, 6.45) is -2.10. The van der Waals surface area contributed by atoms with Crippen LogP contribution in [0, 0.1) is 6.92 Å². The zero-order chi connectivity index (χ0) is 20.5. The summed E-state index contributed by atoms with van der Waals surface area (Å²) in [6, 6.07) is 3.68. The molecule has 1 aromatic carbocycles. The highest BCUT2D eigenvalue weighted by Crippen LogP contribution is 2.34. The largest absolute Gasteiger partial charge is 0.416 e. The van der Waals surface area contributed by atoms with E-state index in [1.165, 1.54) is 25.1 Å². The maximum atomic E-state index is 13.2. The van der Waals surface area contributed by atoms with Gasteiger partial charge in [0.15, 0.2) is 0 Å². The molecule has 0 atom stereocenters. The topological polar surface area (TPSA) is 49.9 Å². The average molecular weight is 396 g/mol. The fourth-order valence-corrected chi connectivity index (χ4v) is 3.83. The molecule has 3 rings (SSSR count). The van der Waals surface area contributed by atoms with Gasteiger partial charge in [-0.15, -0.1) is 0 Å². The van der Waals surface area contributed by atoms with Crippen molar-refractivity contribution in [2.45, 2.75) is 31.5 Å². The fourth-order valence-electron chi connectivity index (χ4n) is 3.83. The van der Waals surface area contributed by atoms with Crippen LogP contribution in [0.3, 0.4) is 0 Å². The van der Waals surface area contributed by atoms with Gasteiger partial charge in [0.2, 0.25) is 5.91 Å². The minimum absolute atomic E-state index is 0.0225. The van der Waals surface area contributed by atoms with Crippen LogP contribution in [0.15, 0.2) is 30.9 Å². The Kier molecular flexibility index (Phi) is 5.52. The highest BCUT2D eigenvalue weighted by atomic mass is 19.4. The molecule has 1 aromatic rings. The van der Waals surface area contributed by atoms with Crippen molar-refractivity contribution in [2.75, 3.05) is 32.8 Å². The Morgan fingerprint density at radius 1 is 1.18 bits per heavy atom. The monoisotopic (exact) mass is 396 g/mol. The molecule has 0 radical (unpaired) electrons. The molecule has 152 valence electrons. The van der Waals surface area contributed by atoms with Gasteiger partial charge in [0.05, 0.1) is 24.3 Å². The van der Waals surface area contributed by atoms with E-state index in [4.69, 9.17) is 4.74 Å². The average Bonchev–Trinajstić information content (AvgIpc) is 2.67. The van der Waals surface area contributed by atoms with Gasteiger partial charge in [-0.3, -0.25) is 9.59 Å². The SMILES string of the molecule is C=CC(=O)N1CCC2(CC1)CN(C(=O)c1ccc(C)c(C(F)(F)F)c1)CCO2. The number of carbonyl (C=O) groups excluding carboxylic acids is 2. The van der Waals surface area contributed by atoms with E-state index >= 15 is 0 Å². The Hall–Kier alpha value is -2.35. The number of hydrogen-bond acceptors (Lipinski definition) is 3. The molecule has 2 fully saturated rings. The van der Waals surface area contributed by atoms with Gasteiger partial charge < -0.3 is 14.5 Å². The number of benzene rings is 1. The van der Waals surface area contributed by atoms with Crippen LogP contribution in [0.4, 0.5) is 13.2 Å². The summed E-state index contributed by atoms with van der Waals surface area (Å²) in [6.45, 7) is 6.80. The van der Waals surface area contributed by atoms with Crippen LogP contribution in [0.2, 0.25) is 0 Å². The molecule has 0 aliphatic carbocycles. The lowest BCUT2D eigenvalue weighted by molar-refractivity contribution is -0.143. The zero-order valence-corrected chi connectivity index (χ0v) is 15.7. The van der Waals surface area contributed by atoms with Crippen molar-refractivity contribution in [1.29, 1.82) is 0 Å². The molecule has 5 nitrogen and oxygen atoms in total. The predicted octanol–water partition coefficient (Wildman–Crippen LogP) is 3.03. The Morgan fingerprint density at radius 2 is 1.86 bits per heavy atom. The second kappa shape index (κ2) is 7.58. The maximum absolute atomic E-state index is 13.2.